The van der Waals surface area contributed by atoms with Gasteiger partial charge in [-0.15, -0.1) is 11.8 Å². The normalized spacial score (nSPS) is 11.8. The van der Waals surface area contributed by atoms with E-state index in [2.05, 4.69) is 31.9 Å². The van der Waals surface area contributed by atoms with E-state index in [4.69, 9.17) is 0 Å². The van der Waals surface area contributed by atoms with Gasteiger partial charge >= 0.3 is 0 Å². The van der Waals surface area contributed by atoms with Crippen molar-refractivity contribution >= 4 is 62.9 Å². The Bertz CT molecular complexity index is 1930. The molecule has 0 bridgehead atoms. The molecule has 3 amide bonds. The van der Waals surface area contributed by atoms with Gasteiger partial charge in [0.15, 0.2) is 0 Å². The van der Waals surface area contributed by atoms with Crippen LogP contribution in [0.5, 0.6) is 0 Å². The standard InChI is InChI=1S/C38H31BrFN3O3S/c1-24-12-21-33(25(2)22-24)42-38(46)35(27-8-4-3-5-9-27)47-30-19-17-29(18-20-30)41-37(45)34(23-26-13-15-28(39)16-14-26)43-36(44)31-10-6-7-11-32(31)40/h3-23,35H,1-2H3,(H,41,45)(H,42,46)(H,43,44)/b34-23-/t35-/m0/s1. The third-order valence-electron chi connectivity index (χ3n) is 7.14. The van der Waals surface area contributed by atoms with Crippen LogP contribution in [0.3, 0.4) is 0 Å². The molecule has 0 aliphatic carbocycles. The van der Waals surface area contributed by atoms with Gasteiger partial charge in [-0.05, 0) is 91.2 Å². The number of anilines is 2. The van der Waals surface area contributed by atoms with Crippen LogP contribution in [-0.4, -0.2) is 17.7 Å². The molecule has 0 heterocycles. The van der Waals surface area contributed by atoms with E-state index in [9.17, 15) is 18.8 Å². The van der Waals surface area contributed by atoms with Gasteiger partial charge in [-0.25, -0.2) is 4.39 Å². The second-order valence-electron chi connectivity index (χ2n) is 10.7. The van der Waals surface area contributed by atoms with Crippen molar-refractivity contribution < 1.29 is 18.8 Å². The predicted octanol–water partition coefficient (Wildman–Crippen LogP) is 9.09. The van der Waals surface area contributed by atoms with Crippen LogP contribution in [0.1, 0.15) is 37.9 Å². The molecule has 0 aliphatic heterocycles. The number of carbonyl (C=O) groups excluding carboxylic acids is 3. The third-order valence-corrected chi connectivity index (χ3v) is 8.93. The summed E-state index contributed by atoms with van der Waals surface area (Å²) >= 11 is 4.78. The van der Waals surface area contributed by atoms with Gasteiger partial charge in [0, 0.05) is 20.7 Å². The minimum atomic E-state index is -0.751. The molecule has 0 saturated heterocycles. The quantitative estimate of drug-likeness (QED) is 0.0999. The minimum absolute atomic E-state index is 0.0637. The maximum absolute atomic E-state index is 14.3. The van der Waals surface area contributed by atoms with Crippen LogP contribution < -0.4 is 16.0 Å². The summed E-state index contributed by atoms with van der Waals surface area (Å²) in [7, 11) is 0. The second-order valence-corrected chi connectivity index (χ2v) is 12.8. The summed E-state index contributed by atoms with van der Waals surface area (Å²) in [5.41, 5.74) is 4.59. The van der Waals surface area contributed by atoms with Gasteiger partial charge < -0.3 is 16.0 Å². The molecule has 0 unspecified atom stereocenters. The summed E-state index contributed by atoms with van der Waals surface area (Å²) in [5, 5.41) is 7.91. The van der Waals surface area contributed by atoms with Crippen molar-refractivity contribution in [2.75, 3.05) is 10.6 Å². The van der Waals surface area contributed by atoms with E-state index < -0.39 is 22.9 Å². The molecule has 0 aliphatic rings. The van der Waals surface area contributed by atoms with E-state index in [-0.39, 0.29) is 17.2 Å². The van der Waals surface area contributed by atoms with Crippen LogP contribution in [0.25, 0.3) is 6.08 Å². The number of aryl methyl sites for hydroxylation is 2. The SMILES string of the molecule is Cc1ccc(NC(=O)[C@@H](Sc2ccc(NC(=O)/C(=C/c3ccc(Br)cc3)NC(=O)c3ccccc3F)cc2)c2ccccc2)c(C)c1. The molecule has 3 N–H and O–H groups in total. The molecule has 9 heteroatoms. The lowest BCUT2D eigenvalue weighted by molar-refractivity contribution is -0.116. The number of amides is 3. The molecule has 1 atom stereocenters. The average molecular weight is 709 g/mol. The lowest BCUT2D eigenvalue weighted by Gasteiger charge is -2.18. The lowest BCUT2D eigenvalue weighted by Crippen LogP contribution is -2.31. The van der Waals surface area contributed by atoms with Crippen LogP contribution in [0.15, 0.2) is 136 Å². The second kappa shape index (κ2) is 15.5. The Hall–Kier alpha value is -4.99. The lowest BCUT2D eigenvalue weighted by atomic mass is 10.1. The molecule has 5 aromatic carbocycles. The Kier molecular flexibility index (Phi) is 11.0. The Morgan fingerprint density at radius 3 is 2.15 bits per heavy atom. The van der Waals surface area contributed by atoms with Gasteiger partial charge in [0.25, 0.3) is 11.8 Å². The molecular weight excluding hydrogens is 677 g/mol. The largest absolute Gasteiger partial charge is 0.325 e. The highest BCUT2D eigenvalue weighted by atomic mass is 79.9. The van der Waals surface area contributed by atoms with Crippen LogP contribution in [-0.2, 0) is 9.59 Å². The zero-order valence-corrected chi connectivity index (χ0v) is 28.0. The number of halogens is 2. The zero-order chi connectivity index (χ0) is 33.3. The van der Waals surface area contributed by atoms with Gasteiger partial charge in [0.2, 0.25) is 5.91 Å². The maximum Gasteiger partial charge on any atom is 0.272 e. The van der Waals surface area contributed by atoms with E-state index in [1.54, 1.807) is 42.5 Å². The first kappa shape index (κ1) is 33.4. The first-order valence-electron chi connectivity index (χ1n) is 14.7. The van der Waals surface area contributed by atoms with Crippen molar-refractivity contribution in [2.45, 2.75) is 24.0 Å². The number of thioether (sulfide) groups is 1. The number of rotatable bonds is 10. The minimum Gasteiger partial charge on any atom is -0.325 e. The highest BCUT2D eigenvalue weighted by Crippen LogP contribution is 2.37. The van der Waals surface area contributed by atoms with Gasteiger partial charge in [0.05, 0.1) is 5.56 Å². The van der Waals surface area contributed by atoms with Crippen molar-refractivity contribution in [2.24, 2.45) is 0 Å². The number of benzene rings is 5. The van der Waals surface area contributed by atoms with E-state index in [0.29, 0.717) is 11.3 Å². The molecule has 5 rings (SSSR count). The van der Waals surface area contributed by atoms with E-state index in [1.165, 1.54) is 36.0 Å². The highest BCUT2D eigenvalue weighted by Gasteiger charge is 2.23. The fourth-order valence-electron chi connectivity index (χ4n) is 4.72. The van der Waals surface area contributed by atoms with Crippen molar-refractivity contribution in [3.05, 3.63) is 165 Å². The average Bonchev–Trinajstić information content (AvgIpc) is 3.06. The maximum atomic E-state index is 14.3. The molecule has 0 fully saturated rings. The van der Waals surface area contributed by atoms with Gasteiger partial charge in [-0.3, -0.25) is 14.4 Å². The molecule has 236 valence electrons. The van der Waals surface area contributed by atoms with Crippen molar-refractivity contribution in [1.29, 1.82) is 0 Å². The fourth-order valence-corrected chi connectivity index (χ4v) is 6.01. The van der Waals surface area contributed by atoms with Crippen molar-refractivity contribution in [1.82, 2.24) is 5.32 Å². The molecule has 0 aromatic heterocycles. The topological polar surface area (TPSA) is 87.3 Å². The van der Waals surface area contributed by atoms with Crippen LogP contribution in [0.4, 0.5) is 15.8 Å². The Morgan fingerprint density at radius 1 is 0.787 bits per heavy atom. The highest BCUT2D eigenvalue weighted by molar-refractivity contribution is 9.10. The molecule has 47 heavy (non-hydrogen) atoms. The van der Waals surface area contributed by atoms with E-state index >= 15 is 0 Å². The molecule has 6 nitrogen and oxygen atoms in total. The number of hydrogen-bond acceptors (Lipinski definition) is 4. The monoisotopic (exact) mass is 707 g/mol. The van der Waals surface area contributed by atoms with E-state index in [1.807, 2.05) is 74.5 Å². The summed E-state index contributed by atoms with van der Waals surface area (Å²) in [6.45, 7) is 3.97. The van der Waals surface area contributed by atoms with Gasteiger partial charge in [-0.1, -0.05) is 88.2 Å². The smallest absolute Gasteiger partial charge is 0.272 e. The number of nitrogens with one attached hydrogen (secondary N) is 3. The summed E-state index contributed by atoms with van der Waals surface area (Å²) in [5.74, 6) is -2.19. The first-order chi connectivity index (χ1) is 22.7. The van der Waals surface area contributed by atoms with E-state index in [0.717, 1.165) is 31.7 Å². The predicted molar refractivity (Wildman–Crippen MR) is 191 cm³/mol. The van der Waals surface area contributed by atoms with Crippen molar-refractivity contribution in [3.8, 4) is 0 Å². The molecular formula is C38H31BrFN3O3S. The number of hydrogen-bond donors (Lipinski definition) is 3. The molecule has 0 spiro atoms. The Labute approximate surface area is 285 Å². The Balaban J connectivity index is 1.34. The van der Waals surface area contributed by atoms with Crippen LogP contribution >= 0.6 is 27.7 Å². The van der Waals surface area contributed by atoms with Crippen LogP contribution in [0, 0.1) is 19.7 Å². The molecule has 0 radical (unpaired) electrons. The van der Waals surface area contributed by atoms with Crippen LogP contribution in [0.2, 0.25) is 0 Å². The Morgan fingerprint density at radius 2 is 1.47 bits per heavy atom. The van der Waals surface area contributed by atoms with Gasteiger partial charge in [-0.2, -0.15) is 0 Å². The zero-order valence-electron chi connectivity index (χ0n) is 25.6. The van der Waals surface area contributed by atoms with Crippen molar-refractivity contribution in [3.63, 3.8) is 0 Å². The number of carbonyl (C=O) groups is 3. The summed E-state index contributed by atoms with van der Waals surface area (Å²) in [4.78, 5) is 40.7. The fraction of sp³-hybridized carbons (Fsp3) is 0.0789. The van der Waals surface area contributed by atoms with Gasteiger partial charge in [0.1, 0.15) is 16.8 Å². The first-order valence-corrected chi connectivity index (χ1v) is 16.4. The summed E-state index contributed by atoms with van der Waals surface area (Å²) in [6.07, 6.45) is 1.52. The molecule has 0 saturated carbocycles. The summed E-state index contributed by atoms with van der Waals surface area (Å²) in [6, 6.07) is 35.2. The third kappa shape index (κ3) is 9.06. The summed E-state index contributed by atoms with van der Waals surface area (Å²) < 4.78 is 15.2. The molecule has 5 aromatic rings.